The summed E-state index contributed by atoms with van der Waals surface area (Å²) in [4.78, 5) is 2.90. The lowest BCUT2D eigenvalue weighted by Gasteiger charge is -2.29. The van der Waals surface area contributed by atoms with E-state index in [0.29, 0.717) is 17.3 Å². The van der Waals surface area contributed by atoms with Crippen molar-refractivity contribution in [2.45, 2.75) is 23.7 Å². The Morgan fingerprint density at radius 2 is 2.32 bits per heavy atom. The topological polar surface area (TPSA) is 69.6 Å². The highest BCUT2D eigenvalue weighted by atomic mass is 32.2. The molecule has 0 bridgehead atoms. The Labute approximate surface area is 118 Å². The minimum absolute atomic E-state index is 0.117. The average molecular weight is 304 g/mol. The van der Waals surface area contributed by atoms with Gasteiger partial charge >= 0.3 is 0 Å². The largest absolute Gasteiger partial charge is 0.391 e. The van der Waals surface area contributed by atoms with Crippen LogP contribution in [0.5, 0.6) is 0 Å². The smallest absolute Gasteiger partial charge is 0.250 e. The van der Waals surface area contributed by atoms with Gasteiger partial charge < -0.3 is 10.0 Å². The maximum absolute atomic E-state index is 12.1. The van der Waals surface area contributed by atoms with Crippen molar-refractivity contribution in [3.05, 3.63) is 17.0 Å². The Morgan fingerprint density at radius 3 is 2.95 bits per heavy atom. The molecular formula is C12H20N2O3S2. The Balaban J connectivity index is 1.93. The summed E-state index contributed by atoms with van der Waals surface area (Å²) < 4.78 is 27.1. The SMILES string of the molecule is CN1CCCC(CNS(=O)(=O)c2ccc(CO)s2)C1. The lowest BCUT2D eigenvalue weighted by atomic mass is 9.99. The lowest BCUT2D eigenvalue weighted by Crippen LogP contribution is -2.38. The van der Waals surface area contributed by atoms with Gasteiger partial charge in [0.15, 0.2) is 0 Å². The first-order valence-electron chi connectivity index (χ1n) is 6.39. The third kappa shape index (κ3) is 4.00. The molecule has 1 aromatic rings. The second-order valence-corrected chi connectivity index (χ2v) is 8.16. The summed E-state index contributed by atoms with van der Waals surface area (Å²) in [6.07, 6.45) is 2.19. The third-order valence-electron chi connectivity index (χ3n) is 3.34. The summed E-state index contributed by atoms with van der Waals surface area (Å²) in [5.41, 5.74) is 0. The van der Waals surface area contributed by atoms with Gasteiger partial charge in [0.1, 0.15) is 4.21 Å². The molecule has 1 unspecified atom stereocenters. The zero-order valence-corrected chi connectivity index (χ0v) is 12.6. The molecule has 0 aromatic carbocycles. The minimum Gasteiger partial charge on any atom is -0.391 e. The normalized spacial score (nSPS) is 21.7. The highest BCUT2D eigenvalue weighted by Crippen LogP contribution is 2.22. The van der Waals surface area contributed by atoms with E-state index in [1.165, 1.54) is 0 Å². The number of likely N-dealkylation sites (tertiary alicyclic amines) is 1. The molecule has 2 rings (SSSR count). The summed E-state index contributed by atoms with van der Waals surface area (Å²) in [6, 6.07) is 3.19. The Hall–Kier alpha value is -0.470. The van der Waals surface area contributed by atoms with Crippen molar-refractivity contribution in [1.29, 1.82) is 0 Å². The average Bonchev–Trinajstić information content (AvgIpc) is 2.86. The molecule has 0 spiro atoms. The van der Waals surface area contributed by atoms with Gasteiger partial charge in [0, 0.05) is 18.0 Å². The van der Waals surface area contributed by atoms with Gasteiger partial charge in [0.2, 0.25) is 10.0 Å². The van der Waals surface area contributed by atoms with Gasteiger partial charge in [-0.15, -0.1) is 11.3 Å². The van der Waals surface area contributed by atoms with Gasteiger partial charge in [-0.1, -0.05) is 0 Å². The molecule has 2 N–H and O–H groups in total. The molecule has 2 heterocycles. The van der Waals surface area contributed by atoms with Crippen LogP contribution in [0, 0.1) is 5.92 Å². The molecule has 0 saturated carbocycles. The molecule has 7 heteroatoms. The highest BCUT2D eigenvalue weighted by Gasteiger charge is 2.21. The van der Waals surface area contributed by atoms with Gasteiger partial charge in [-0.2, -0.15) is 0 Å². The molecule has 1 fully saturated rings. The number of nitrogens with zero attached hydrogens (tertiary/aromatic N) is 1. The maximum Gasteiger partial charge on any atom is 0.250 e. The Kier molecular flexibility index (Phi) is 4.97. The van der Waals surface area contributed by atoms with Gasteiger partial charge in [-0.05, 0) is 44.5 Å². The van der Waals surface area contributed by atoms with Crippen LogP contribution in [0.25, 0.3) is 0 Å². The highest BCUT2D eigenvalue weighted by molar-refractivity contribution is 7.91. The zero-order valence-electron chi connectivity index (χ0n) is 11.0. The molecule has 1 atom stereocenters. The summed E-state index contributed by atoms with van der Waals surface area (Å²) in [5, 5.41) is 8.97. The number of aliphatic hydroxyl groups excluding tert-OH is 1. The van der Waals surface area contributed by atoms with Crippen molar-refractivity contribution in [2.24, 2.45) is 5.92 Å². The molecule has 1 aliphatic rings. The van der Waals surface area contributed by atoms with E-state index in [-0.39, 0.29) is 10.8 Å². The van der Waals surface area contributed by atoms with Crippen LogP contribution < -0.4 is 4.72 Å². The second-order valence-electron chi connectivity index (χ2n) is 5.00. The van der Waals surface area contributed by atoms with Crippen LogP contribution in [0.3, 0.4) is 0 Å². The predicted molar refractivity (Wildman–Crippen MR) is 75.7 cm³/mol. The summed E-state index contributed by atoms with van der Waals surface area (Å²) in [5.74, 6) is 0.380. The number of hydrogen-bond acceptors (Lipinski definition) is 5. The zero-order chi connectivity index (χ0) is 13.9. The monoisotopic (exact) mass is 304 g/mol. The van der Waals surface area contributed by atoms with Crippen molar-refractivity contribution < 1.29 is 13.5 Å². The molecule has 1 aromatic heterocycles. The molecule has 0 amide bonds. The molecule has 19 heavy (non-hydrogen) atoms. The van der Waals surface area contributed by atoms with E-state index in [0.717, 1.165) is 37.3 Å². The van der Waals surface area contributed by atoms with E-state index < -0.39 is 10.0 Å². The van der Waals surface area contributed by atoms with E-state index in [2.05, 4.69) is 16.7 Å². The number of thiophene rings is 1. The Morgan fingerprint density at radius 1 is 1.53 bits per heavy atom. The molecule has 1 saturated heterocycles. The van der Waals surface area contributed by atoms with Gasteiger partial charge in [-0.3, -0.25) is 0 Å². The van der Waals surface area contributed by atoms with Gasteiger partial charge in [-0.25, -0.2) is 13.1 Å². The van der Waals surface area contributed by atoms with Crippen LogP contribution in [0.4, 0.5) is 0 Å². The first-order chi connectivity index (χ1) is 9.01. The third-order valence-corrected chi connectivity index (χ3v) is 6.33. The molecule has 0 radical (unpaired) electrons. The molecular weight excluding hydrogens is 284 g/mol. The van der Waals surface area contributed by atoms with E-state index in [4.69, 9.17) is 5.11 Å². The molecule has 5 nitrogen and oxygen atoms in total. The standard InChI is InChI=1S/C12H20N2O3S2/c1-14-6-2-3-10(8-14)7-13-19(16,17)12-5-4-11(9-15)18-12/h4-5,10,13,15H,2-3,6-9H2,1H3. The van der Waals surface area contributed by atoms with Crippen molar-refractivity contribution in [3.63, 3.8) is 0 Å². The number of piperidine rings is 1. The quantitative estimate of drug-likeness (QED) is 0.846. The molecule has 1 aliphatic heterocycles. The van der Waals surface area contributed by atoms with Crippen LogP contribution in [0.1, 0.15) is 17.7 Å². The fourth-order valence-corrected chi connectivity index (χ4v) is 4.70. The van der Waals surface area contributed by atoms with E-state index in [1.807, 2.05) is 0 Å². The van der Waals surface area contributed by atoms with Crippen molar-refractivity contribution in [2.75, 3.05) is 26.7 Å². The van der Waals surface area contributed by atoms with Crippen LogP contribution in [0.2, 0.25) is 0 Å². The number of nitrogens with one attached hydrogen (secondary N) is 1. The molecule has 0 aliphatic carbocycles. The van der Waals surface area contributed by atoms with Crippen LogP contribution in [-0.2, 0) is 16.6 Å². The predicted octanol–water partition coefficient (Wildman–Crippen LogP) is 0.860. The Bertz CT molecular complexity index is 513. The number of sulfonamides is 1. The van der Waals surface area contributed by atoms with Gasteiger partial charge in [0.05, 0.1) is 6.61 Å². The maximum atomic E-state index is 12.1. The van der Waals surface area contributed by atoms with Crippen molar-refractivity contribution in [3.8, 4) is 0 Å². The second kappa shape index (κ2) is 6.32. The summed E-state index contributed by atoms with van der Waals surface area (Å²) in [7, 11) is -1.36. The van der Waals surface area contributed by atoms with E-state index in [1.54, 1.807) is 12.1 Å². The number of hydrogen-bond donors (Lipinski definition) is 2. The number of rotatable bonds is 5. The number of aliphatic hydroxyl groups is 1. The summed E-state index contributed by atoms with van der Waals surface area (Å²) >= 11 is 1.12. The van der Waals surface area contributed by atoms with Crippen LogP contribution in [0.15, 0.2) is 16.3 Å². The molecule has 108 valence electrons. The van der Waals surface area contributed by atoms with Crippen LogP contribution >= 0.6 is 11.3 Å². The first kappa shape index (κ1) is 14.9. The van der Waals surface area contributed by atoms with Crippen molar-refractivity contribution in [1.82, 2.24) is 9.62 Å². The first-order valence-corrected chi connectivity index (χ1v) is 8.69. The van der Waals surface area contributed by atoms with Gasteiger partial charge in [0.25, 0.3) is 0 Å². The minimum atomic E-state index is -3.43. The fraction of sp³-hybridized carbons (Fsp3) is 0.667. The van der Waals surface area contributed by atoms with Crippen LogP contribution in [-0.4, -0.2) is 45.1 Å². The summed E-state index contributed by atoms with van der Waals surface area (Å²) in [6.45, 7) is 2.40. The van der Waals surface area contributed by atoms with E-state index >= 15 is 0 Å². The fourth-order valence-electron chi connectivity index (χ4n) is 2.33. The van der Waals surface area contributed by atoms with Crippen molar-refractivity contribution >= 4 is 21.4 Å². The lowest BCUT2D eigenvalue weighted by molar-refractivity contribution is 0.211. The van der Waals surface area contributed by atoms with E-state index in [9.17, 15) is 8.42 Å².